The fourth-order valence-corrected chi connectivity index (χ4v) is 2.68. The van der Waals surface area contributed by atoms with Crippen LogP contribution in [0.3, 0.4) is 0 Å². The van der Waals surface area contributed by atoms with Crippen LogP contribution in [0.4, 0.5) is 18.9 Å². The Bertz CT molecular complexity index is 1060. The Morgan fingerprint density at radius 2 is 1.82 bits per heavy atom. The fourth-order valence-electron chi connectivity index (χ4n) is 2.68. The minimum atomic E-state index is -4.92. The summed E-state index contributed by atoms with van der Waals surface area (Å²) in [5, 5.41) is 2.55. The summed E-state index contributed by atoms with van der Waals surface area (Å²) in [6, 6.07) is 12.3. The number of fused-ring (bicyclic) bond motifs is 1. The average Bonchev–Trinajstić information content (AvgIpc) is 2.65. The molecule has 0 saturated heterocycles. The van der Waals surface area contributed by atoms with Crippen LogP contribution in [0.2, 0.25) is 0 Å². The smallest absolute Gasteiger partial charge is 0.438 e. The van der Waals surface area contributed by atoms with Gasteiger partial charge in [-0.1, -0.05) is 12.1 Å². The van der Waals surface area contributed by atoms with Crippen LogP contribution in [-0.4, -0.2) is 22.1 Å². The molecule has 0 spiro atoms. The molecule has 3 rings (SSSR count). The Morgan fingerprint density at radius 3 is 2.46 bits per heavy atom. The summed E-state index contributed by atoms with van der Waals surface area (Å²) in [7, 11) is 0. The molecule has 1 N–H and O–H groups in total. The number of nitrogens with one attached hydrogen (secondary N) is 1. The number of halogens is 3. The Labute approximate surface area is 157 Å². The number of para-hydroxylation sites is 2. The van der Waals surface area contributed by atoms with Crippen LogP contribution < -0.4 is 15.6 Å². The van der Waals surface area contributed by atoms with Crippen LogP contribution in [0, 0.1) is 0 Å². The first-order valence-electron chi connectivity index (χ1n) is 8.39. The number of benzene rings is 2. The van der Waals surface area contributed by atoms with Gasteiger partial charge in [0.05, 0.1) is 17.6 Å². The van der Waals surface area contributed by atoms with E-state index in [1.165, 1.54) is 18.2 Å². The monoisotopic (exact) mass is 391 g/mol. The number of rotatable bonds is 5. The van der Waals surface area contributed by atoms with Gasteiger partial charge in [-0.15, -0.1) is 0 Å². The van der Waals surface area contributed by atoms with Crippen molar-refractivity contribution in [1.82, 2.24) is 9.55 Å². The molecule has 0 unspecified atom stereocenters. The van der Waals surface area contributed by atoms with Crippen LogP contribution in [0.25, 0.3) is 11.0 Å². The summed E-state index contributed by atoms with van der Waals surface area (Å²) in [5.41, 5.74) is -2.38. The van der Waals surface area contributed by atoms with Crippen molar-refractivity contribution >= 4 is 22.6 Å². The molecular weight excluding hydrogens is 375 g/mol. The molecule has 1 aromatic heterocycles. The van der Waals surface area contributed by atoms with Crippen LogP contribution in [0.1, 0.15) is 12.6 Å². The summed E-state index contributed by atoms with van der Waals surface area (Å²) in [5.74, 6) is -0.0256. The first kappa shape index (κ1) is 19.4. The predicted molar refractivity (Wildman–Crippen MR) is 97.2 cm³/mol. The van der Waals surface area contributed by atoms with Crippen molar-refractivity contribution in [1.29, 1.82) is 0 Å². The fraction of sp³-hybridized carbons (Fsp3) is 0.211. The molecule has 0 saturated carbocycles. The third kappa shape index (κ3) is 4.13. The molecule has 146 valence electrons. The number of amides is 1. The molecule has 0 atom stereocenters. The molecule has 2 aromatic carbocycles. The largest absolute Gasteiger partial charge is 0.494 e. The lowest BCUT2D eigenvalue weighted by atomic mass is 10.2. The quantitative estimate of drug-likeness (QED) is 0.723. The van der Waals surface area contributed by atoms with Gasteiger partial charge in [0.2, 0.25) is 11.6 Å². The van der Waals surface area contributed by atoms with Crippen molar-refractivity contribution in [2.24, 2.45) is 0 Å². The van der Waals surface area contributed by atoms with E-state index in [0.29, 0.717) is 18.0 Å². The van der Waals surface area contributed by atoms with Gasteiger partial charge in [0.25, 0.3) is 5.56 Å². The standard InChI is InChI=1S/C19H16F3N3O3/c1-2-28-13-9-7-12(8-10-13)23-16(26)11-25-15-6-4-3-5-14(15)24-17(18(25)27)19(20,21)22/h3-10H,2,11H2,1H3,(H,23,26). The van der Waals surface area contributed by atoms with E-state index < -0.39 is 29.9 Å². The van der Waals surface area contributed by atoms with Gasteiger partial charge in [0.15, 0.2) is 0 Å². The Hall–Kier alpha value is -3.36. The van der Waals surface area contributed by atoms with Gasteiger partial charge in [0.1, 0.15) is 12.3 Å². The van der Waals surface area contributed by atoms with E-state index in [4.69, 9.17) is 4.74 Å². The third-order valence-electron chi connectivity index (χ3n) is 3.87. The number of alkyl halides is 3. The van der Waals surface area contributed by atoms with Crippen molar-refractivity contribution in [2.75, 3.05) is 11.9 Å². The first-order chi connectivity index (χ1) is 13.3. The van der Waals surface area contributed by atoms with E-state index in [1.54, 1.807) is 30.3 Å². The lowest BCUT2D eigenvalue weighted by molar-refractivity contribution is -0.142. The molecule has 0 fully saturated rings. The van der Waals surface area contributed by atoms with Crippen molar-refractivity contribution in [2.45, 2.75) is 19.6 Å². The normalized spacial score (nSPS) is 11.4. The zero-order valence-electron chi connectivity index (χ0n) is 14.8. The Kier molecular flexibility index (Phi) is 5.34. The van der Waals surface area contributed by atoms with Gasteiger partial charge < -0.3 is 10.1 Å². The molecule has 0 bridgehead atoms. The van der Waals surface area contributed by atoms with Gasteiger partial charge in [-0.05, 0) is 43.3 Å². The van der Waals surface area contributed by atoms with Crippen molar-refractivity contribution < 1.29 is 22.7 Å². The van der Waals surface area contributed by atoms with E-state index in [0.717, 1.165) is 4.57 Å². The van der Waals surface area contributed by atoms with E-state index in [2.05, 4.69) is 10.3 Å². The summed E-state index contributed by atoms with van der Waals surface area (Å²) in [6.45, 7) is 1.74. The molecule has 1 amide bonds. The van der Waals surface area contributed by atoms with Gasteiger partial charge in [-0.25, -0.2) is 4.98 Å². The number of hydrogen-bond donors (Lipinski definition) is 1. The summed E-state index contributed by atoms with van der Waals surface area (Å²) >= 11 is 0. The minimum Gasteiger partial charge on any atom is -0.494 e. The van der Waals surface area contributed by atoms with Crippen LogP contribution in [0.5, 0.6) is 5.75 Å². The van der Waals surface area contributed by atoms with Gasteiger partial charge in [-0.2, -0.15) is 13.2 Å². The topological polar surface area (TPSA) is 73.2 Å². The molecule has 1 heterocycles. The van der Waals surface area contributed by atoms with E-state index in [-0.39, 0.29) is 11.0 Å². The zero-order chi connectivity index (χ0) is 20.3. The highest BCUT2D eigenvalue weighted by atomic mass is 19.4. The van der Waals surface area contributed by atoms with E-state index in [1.807, 2.05) is 6.92 Å². The van der Waals surface area contributed by atoms with E-state index >= 15 is 0 Å². The van der Waals surface area contributed by atoms with Crippen LogP contribution in [-0.2, 0) is 17.5 Å². The minimum absolute atomic E-state index is 0.0247. The maximum absolute atomic E-state index is 13.2. The molecule has 3 aromatic rings. The summed E-state index contributed by atoms with van der Waals surface area (Å²) in [4.78, 5) is 28.1. The molecular formula is C19H16F3N3O3. The van der Waals surface area contributed by atoms with Crippen LogP contribution >= 0.6 is 0 Å². The second kappa shape index (κ2) is 7.71. The van der Waals surface area contributed by atoms with Gasteiger partial charge in [-0.3, -0.25) is 14.2 Å². The second-order valence-corrected chi connectivity index (χ2v) is 5.84. The summed E-state index contributed by atoms with van der Waals surface area (Å²) in [6.07, 6.45) is -4.92. The maximum atomic E-state index is 13.2. The van der Waals surface area contributed by atoms with E-state index in [9.17, 15) is 22.8 Å². The zero-order valence-corrected chi connectivity index (χ0v) is 14.8. The number of hydrogen-bond acceptors (Lipinski definition) is 4. The molecule has 0 aliphatic carbocycles. The number of anilines is 1. The van der Waals surface area contributed by atoms with Crippen molar-refractivity contribution in [3.63, 3.8) is 0 Å². The molecule has 9 heteroatoms. The molecule has 0 radical (unpaired) electrons. The van der Waals surface area contributed by atoms with Gasteiger partial charge in [0, 0.05) is 5.69 Å². The highest BCUT2D eigenvalue weighted by molar-refractivity contribution is 5.91. The number of aromatic nitrogens is 2. The van der Waals surface area contributed by atoms with Crippen molar-refractivity contribution in [3.8, 4) is 5.75 Å². The number of ether oxygens (including phenoxy) is 1. The SMILES string of the molecule is CCOc1ccc(NC(=O)Cn2c(=O)c(C(F)(F)F)nc3ccccc32)cc1. The lowest BCUT2D eigenvalue weighted by Crippen LogP contribution is -2.34. The molecule has 0 aliphatic heterocycles. The highest BCUT2D eigenvalue weighted by Crippen LogP contribution is 2.26. The molecule has 28 heavy (non-hydrogen) atoms. The number of carbonyl (C=O) groups excluding carboxylic acids is 1. The Balaban J connectivity index is 1.91. The number of carbonyl (C=O) groups is 1. The third-order valence-corrected chi connectivity index (χ3v) is 3.87. The van der Waals surface area contributed by atoms with Crippen LogP contribution in [0.15, 0.2) is 53.3 Å². The number of nitrogens with zero attached hydrogens (tertiary/aromatic N) is 2. The first-order valence-corrected chi connectivity index (χ1v) is 8.39. The molecule has 0 aliphatic rings. The molecule has 6 nitrogen and oxygen atoms in total. The average molecular weight is 391 g/mol. The predicted octanol–water partition coefficient (Wildman–Crippen LogP) is 3.45. The van der Waals surface area contributed by atoms with Gasteiger partial charge >= 0.3 is 6.18 Å². The lowest BCUT2D eigenvalue weighted by Gasteiger charge is -2.14. The van der Waals surface area contributed by atoms with Crippen molar-refractivity contribution in [3.05, 3.63) is 64.6 Å². The highest BCUT2D eigenvalue weighted by Gasteiger charge is 2.37. The second-order valence-electron chi connectivity index (χ2n) is 5.84. The summed E-state index contributed by atoms with van der Waals surface area (Å²) < 4.78 is 45.5. The Morgan fingerprint density at radius 1 is 1.14 bits per heavy atom. The maximum Gasteiger partial charge on any atom is 0.438 e.